The van der Waals surface area contributed by atoms with Gasteiger partial charge in [-0.2, -0.15) is 0 Å². The van der Waals surface area contributed by atoms with Gasteiger partial charge < -0.3 is 5.11 Å². The van der Waals surface area contributed by atoms with Crippen LogP contribution in [-0.4, -0.2) is 13.2 Å². The van der Waals surface area contributed by atoms with Crippen molar-refractivity contribution < 1.29 is 5.11 Å². The summed E-state index contributed by atoms with van der Waals surface area (Å²) >= 11 is 2.25. The summed E-state index contributed by atoms with van der Waals surface area (Å²) in [4.78, 5) is 0. The quantitative estimate of drug-likeness (QED) is 0.341. The fourth-order valence-corrected chi connectivity index (χ4v) is 6.24. The van der Waals surface area contributed by atoms with Crippen molar-refractivity contribution >= 4 is 35.9 Å². The Morgan fingerprint density at radius 1 is 1.05 bits per heavy atom. The van der Waals surface area contributed by atoms with Gasteiger partial charge in [-0.05, 0) is 41.1 Å². The Hall–Kier alpha value is -0.0331. The van der Waals surface area contributed by atoms with E-state index in [4.69, 9.17) is 0 Å². The third kappa shape index (κ3) is 5.39. The lowest BCUT2D eigenvalue weighted by Crippen LogP contribution is -2.41. The maximum absolute atomic E-state index is 9.90. The zero-order valence-corrected chi connectivity index (χ0v) is 16.6. The van der Waals surface area contributed by atoms with Crippen LogP contribution in [0.25, 0.3) is 0 Å². The van der Waals surface area contributed by atoms with Crippen molar-refractivity contribution in [3.05, 3.63) is 21.3 Å². The fraction of sp³-hybridized carbons (Fsp3) is 0.647. The molecule has 0 radical (unpaired) electrons. The third-order valence-electron chi connectivity index (χ3n) is 4.19. The van der Waals surface area contributed by atoms with E-state index in [-0.39, 0.29) is 0 Å². The first-order valence-corrected chi connectivity index (χ1v) is 12.2. The van der Waals surface area contributed by atoms with E-state index in [1.54, 1.807) is 0 Å². The molecule has 0 amide bonds. The molecule has 0 fully saturated rings. The Kier molecular flexibility index (Phi) is 7.58. The van der Waals surface area contributed by atoms with Crippen molar-refractivity contribution in [2.24, 2.45) is 0 Å². The summed E-state index contributed by atoms with van der Waals surface area (Å²) in [5.74, 6) is 0.457. The molecule has 1 aromatic carbocycles. The summed E-state index contributed by atoms with van der Waals surface area (Å²) in [6, 6.07) is 5.77. The molecule has 0 saturated heterocycles. The Morgan fingerprint density at radius 3 is 2.25 bits per heavy atom. The number of rotatable bonds is 8. The lowest BCUT2D eigenvalue weighted by Gasteiger charge is -2.24. The predicted octanol–water partition coefficient (Wildman–Crippen LogP) is 5.58. The summed E-state index contributed by atoms with van der Waals surface area (Å²) < 4.78 is 1.00. The molecule has 3 heteroatoms. The molecule has 114 valence electrons. The van der Waals surface area contributed by atoms with E-state index in [1.165, 1.54) is 49.8 Å². The van der Waals surface area contributed by atoms with Gasteiger partial charge in [0.2, 0.25) is 0 Å². The van der Waals surface area contributed by atoms with Crippen molar-refractivity contribution in [1.82, 2.24) is 0 Å². The minimum atomic E-state index is -1.35. The summed E-state index contributed by atoms with van der Waals surface area (Å²) in [5.41, 5.74) is 1.02. The highest BCUT2D eigenvalue weighted by atomic mass is 127. The van der Waals surface area contributed by atoms with Crippen LogP contribution in [0, 0.1) is 10.5 Å². The number of aromatic hydroxyl groups is 1. The highest BCUT2D eigenvalue weighted by Gasteiger charge is 2.24. The van der Waals surface area contributed by atoms with Crippen molar-refractivity contribution in [1.29, 1.82) is 0 Å². The molecule has 0 atom stereocenters. The molecule has 1 rings (SSSR count). The van der Waals surface area contributed by atoms with Gasteiger partial charge >= 0.3 is 0 Å². The molecule has 1 aromatic rings. The molecule has 0 unspecified atom stereocenters. The number of aryl methyl sites for hydroxylation is 1. The fourth-order valence-electron chi connectivity index (χ4n) is 2.62. The maximum Gasteiger partial charge on any atom is 0.131 e. The van der Waals surface area contributed by atoms with E-state index >= 15 is 0 Å². The second-order valence-electron chi connectivity index (χ2n) is 6.53. The van der Waals surface area contributed by atoms with Crippen LogP contribution in [0.3, 0.4) is 0 Å². The predicted molar refractivity (Wildman–Crippen MR) is 101 cm³/mol. The van der Waals surface area contributed by atoms with E-state index in [0.29, 0.717) is 5.75 Å². The number of unbranched alkanes of at least 4 members (excludes halogenated alkanes) is 5. The lowest BCUT2D eigenvalue weighted by molar-refractivity contribution is 0.467. The van der Waals surface area contributed by atoms with Crippen LogP contribution in [0.5, 0.6) is 5.75 Å². The molecule has 0 spiro atoms. The second kappa shape index (κ2) is 8.42. The van der Waals surface area contributed by atoms with Crippen LogP contribution in [0.15, 0.2) is 12.1 Å². The average molecular weight is 404 g/mol. The largest absolute Gasteiger partial charge is 0.507 e. The first-order chi connectivity index (χ1) is 9.38. The van der Waals surface area contributed by atoms with Gasteiger partial charge in [0.05, 0.1) is 11.6 Å². The number of halogens is 1. The summed E-state index contributed by atoms with van der Waals surface area (Å²) in [6.45, 7) is 9.20. The van der Waals surface area contributed by atoms with Gasteiger partial charge in [-0.25, -0.2) is 0 Å². The standard InChI is InChI=1S/C17H29IOSi/c1-5-6-7-8-9-10-11-20(3,4)15-12-14(2)17(19)16(18)13-15/h12-13,19H,5-11H2,1-4H3. The molecule has 0 aliphatic rings. The zero-order valence-electron chi connectivity index (χ0n) is 13.4. The highest BCUT2D eigenvalue weighted by Crippen LogP contribution is 2.25. The molecule has 1 nitrogen and oxygen atoms in total. The molecule has 0 saturated carbocycles. The van der Waals surface area contributed by atoms with E-state index in [1.807, 2.05) is 6.92 Å². The highest BCUT2D eigenvalue weighted by molar-refractivity contribution is 14.1. The van der Waals surface area contributed by atoms with E-state index in [2.05, 4.69) is 54.7 Å². The van der Waals surface area contributed by atoms with Gasteiger partial charge in [0.15, 0.2) is 0 Å². The summed E-state index contributed by atoms with van der Waals surface area (Å²) in [5, 5.41) is 11.4. The van der Waals surface area contributed by atoms with E-state index in [9.17, 15) is 5.11 Å². The molecule has 0 aromatic heterocycles. The molecule has 0 heterocycles. The smallest absolute Gasteiger partial charge is 0.131 e. The van der Waals surface area contributed by atoms with Crippen molar-refractivity contribution in [3.8, 4) is 5.75 Å². The van der Waals surface area contributed by atoms with Crippen LogP contribution >= 0.6 is 22.6 Å². The van der Waals surface area contributed by atoms with Gasteiger partial charge in [0.1, 0.15) is 5.75 Å². The Labute approximate surface area is 139 Å². The van der Waals surface area contributed by atoms with Gasteiger partial charge in [-0.15, -0.1) is 0 Å². The van der Waals surface area contributed by atoms with Crippen LogP contribution in [0.4, 0.5) is 0 Å². The number of phenols is 1. The molecule has 1 N–H and O–H groups in total. The van der Waals surface area contributed by atoms with Gasteiger partial charge in [-0.1, -0.05) is 75.8 Å². The van der Waals surface area contributed by atoms with E-state index < -0.39 is 8.07 Å². The molecular weight excluding hydrogens is 375 g/mol. The van der Waals surface area contributed by atoms with Crippen LogP contribution in [0.1, 0.15) is 51.0 Å². The molecular formula is C17H29IOSi. The Balaban J connectivity index is 2.56. The third-order valence-corrected chi connectivity index (χ3v) is 8.47. The van der Waals surface area contributed by atoms with Crippen LogP contribution < -0.4 is 5.19 Å². The first-order valence-electron chi connectivity index (χ1n) is 7.88. The first kappa shape index (κ1) is 18.0. The monoisotopic (exact) mass is 404 g/mol. The minimum Gasteiger partial charge on any atom is -0.507 e. The Morgan fingerprint density at radius 2 is 1.65 bits per heavy atom. The number of hydrogen-bond acceptors (Lipinski definition) is 1. The molecule has 0 bridgehead atoms. The van der Waals surface area contributed by atoms with Gasteiger partial charge in [-0.3, -0.25) is 0 Å². The average Bonchev–Trinajstić information content (AvgIpc) is 2.39. The summed E-state index contributed by atoms with van der Waals surface area (Å²) in [6.07, 6.45) is 8.24. The zero-order chi connectivity index (χ0) is 15.2. The van der Waals surface area contributed by atoms with Crippen LogP contribution in [0.2, 0.25) is 19.1 Å². The number of phenolic OH excluding ortho intramolecular Hbond substituents is 1. The molecule has 0 aliphatic carbocycles. The number of hydrogen-bond donors (Lipinski definition) is 1. The van der Waals surface area contributed by atoms with Crippen molar-refractivity contribution in [2.75, 3.05) is 0 Å². The van der Waals surface area contributed by atoms with Crippen molar-refractivity contribution in [2.45, 2.75) is 71.5 Å². The minimum absolute atomic E-state index is 0.457. The maximum atomic E-state index is 9.90. The second-order valence-corrected chi connectivity index (χ2v) is 12.5. The van der Waals surface area contributed by atoms with Gasteiger partial charge in [0.25, 0.3) is 0 Å². The molecule has 0 aliphatic heterocycles. The van der Waals surface area contributed by atoms with Gasteiger partial charge in [0, 0.05) is 0 Å². The topological polar surface area (TPSA) is 20.2 Å². The normalized spacial score (nSPS) is 11.8. The number of benzene rings is 1. The summed E-state index contributed by atoms with van der Waals surface area (Å²) in [7, 11) is -1.35. The van der Waals surface area contributed by atoms with Crippen LogP contribution in [-0.2, 0) is 0 Å². The van der Waals surface area contributed by atoms with E-state index in [0.717, 1.165) is 9.13 Å². The lowest BCUT2D eigenvalue weighted by atomic mass is 10.1. The van der Waals surface area contributed by atoms with Crippen molar-refractivity contribution in [3.63, 3.8) is 0 Å². The Bertz CT molecular complexity index is 406. The SMILES string of the molecule is CCCCCCCC[Si](C)(C)c1cc(C)c(O)c(I)c1. The molecule has 20 heavy (non-hydrogen) atoms.